The lowest BCUT2D eigenvalue weighted by atomic mass is 10.00. The third-order valence-corrected chi connectivity index (χ3v) is 2.37. The van der Waals surface area contributed by atoms with Gasteiger partial charge in [-0.25, -0.2) is 4.68 Å². The Kier molecular flexibility index (Phi) is 2.87. The molecule has 1 rings (SSSR count). The Morgan fingerprint density at radius 2 is 2.15 bits per heavy atom. The van der Waals surface area contributed by atoms with Gasteiger partial charge in [0.15, 0.2) is 5.82 Å². The normalized spacial score (nSPS) is 15.7. The summed E-state index contributed by atoms with van der Waals surface area (Å²) in [5.74, 6) is 1.42. The Balaban J connectivity index is 2.82. The zero-order chi connectivity index (χ0) is 10.0. The minimum Gasteiger partial charge on any atom is -0.368 e. The average molecular weight is 183 g/mol. The third kappa shape index (κ3) is 1.98. The molecule has 5 heteroatoms. The van der Waals surface area contributed by atoms with E-state index in [1.54, 1.807) is 7.05 Å². The zero-order valence-corrected chi connectivity index (χ0v) is 8.36. The van der Waals surface area contributed by atoms with Crippen LogP contribution in [0.4, 0.5) is 5.95 Å². The molecule has 0 aliphatic rings. The second kappa shape index (κ2) is 3.74. The van der Waals surface area contributed by atoms with E-state index in [4.69, 9.17) is 11.5 Å². The van der Waals surface area contributed by atoms with Crippen LogP contribution in [-0.4, -0.2) is 14.8 Å². The lowest BCUT2D eigenvalue weighted by molar-refractivity contribution is 0.437. The molecule has 0 radical (unpaired) electrons. The average Bonchev–Trinajstić information content (AvgIpc) is 2.44. The molecule has 0 bridgehead atoms. The van der Waals surface area contributed by atoms with E-state index >= 15 is 0 Å². The van der Waals surface area contributed by atoms with E-state index in [0.717, 1.165) is 6.42 Å². The molecule has 0 amide bonds. The second-order valence-corrected chi connectivity index (χ2v) is 3.36. The first kappa shape index (κ1) is 9.98. The molecular formula is C8H17N5. The van der Waals surface area contributed by atoms with Crippen molar-refractivity contribution >= 4 is 5.95 Å². The van der Waals surface area contributed by atoms with Gasteiger partial charge in [-0.05, 0) is 5.92 Å². The van der Waals surface area contributed by atoms with Crippen LogP contribution in [0, 0.1) is 5.92 Å². The molecule has 2 atom stereocenters. The summed E-state index contributed by atoms with van der Waals surface area (Å²) in [5, 5.41) is 4.13. The fourth-order valence-electron chi connectivity index (χ4n) is 1.07. The molecule has 0 spiro atoms. The van der Waals surface area contributed by atoms with E-state index in [1.807, 2.05) is 0 Å². The van der Waals surface area contributed by atoms with Crippen molar-refractivity contribution in [1.29, 1.82) is 0 Å². The highest BCUT2D eigenvalue weighted by atomic mass is 15.4. The maximum atomic E-state index is 5.94. The molecule has 0 saturated carbocycles. The van der Waals surface area contributed by atoms with Crippen molar-refractivity contribution in [3.05, 3.63) is 5.82 Å². The summed E-state index contributed by atoms with van der Waals surface area (Å²) in [5.41, 5.74) is 11.5. The smallest absolute Gasteiger partial charge is 0.218 e. The van der Waals surface area contributed by atoms with Crippen LogP contribution in [0.25, 0.3) is 0 Å². The van der Waals surface area contributed by atoms with Crippen LogP contribution in [-0.2, 0) is 7.05 Å². The van der Waals surface area contributed by atoms with Gasteiger partial charge in [0, 0.05) is 7.05 Å². The molecule has 13 heavy (non-hydrogen) atoms. The summed E-state index contributed by atoms with van der Waals surface area (Å²) in [6.45, 7) is 4.17. The fraction of sp³-hybridized carbons (Fsp3) is 0.750. The van der Waals surface area contributed by atoms with E-state index in [1.165, 1.54) is 4.68 Å². The topological polar surface area (TPSA) is 82.7 Å². The van der Waals surface area contributed by atoms with Crippen molar-refractivity contribution in [2.45, 2.75) is 26.3 Å². The number of nitrogens with two attached hydrogens (primary N) is 2. The van der Waals surface area contributed by atoms with E-state index in [-0.39, 0.29) is 6.04 Å². The van der Waals surface area contributed by atoms with Gasteiger partial charge in [0.05, 0.1) is 6.04 Å². The number of hydrogen-bond donors (Lipinski definition) is 2. The van der Waals surface area contributed by atoms with Gasteiger partial charge in [0.2, 0.25) is 5.95 Å². The van der Waals surface area contributed by atoms with Crippen molar-refractivity contribution in [2.24, 2.45) is 18.7 Å². The summed E-state index contributed by atoms with van der Waals surface area (Å²) in [6.07, 6.45) is 1.01. The summed E-state index contributed by atoms with van der Waals surface area (Å²) < 4.78 is 1.54. The number of nitrogens with zero attached hydrogens (tertiary/aromatic N) is 3. The Labute approximate surface area is 78.1 Å². The number of nitrogen functional groups attached to an aromatic ring is 1. The summed E-state index contributed by atoms with van der Waals surface area (Å²) in [6, 6.07) is -0.117. The molecule has 0 saturated heterocycles. The SMILES string of the molecule is CCC(C)C(N)c1nc(N)n(C)n1. The maximum Gasteiger partial charge on any atom is 0.218 e. The van der Waals surface area contributed by atoms with Crippen LogP contribution in [0.2, 0.25) is 0 Å². The molecule has 0 fully saturated rings. The fourth-order valence-corrected chi connectivity index (χ4v) is 1.07. The lowest BCUT2D eigenvalue weighted by Gasteiger charge is -2.13. The molecule has 0 aliphatic carbocycles. The number of rotatable bonds is 3. The molecule has 1 heterocycles. The lowest BCUT2D eigenvalue weighted by Crippen LogP contribution is -2.20. The molecule has 74 valence electrons. The molecule has 0 aromatic carbocycles. The maximum absolute atomic E-state index is 5.94. The predicted octanol–water partition coefficient (Wildman–Crippen LogP) is 0.443. The Morgan fingerprint density at radius 3 is 2.54 bits per heavy atom. The van der Waals surface area contributed by atoms with Gasteiger partial charge in [0.25, 0.3) is 0 Å². The molecule has 1 aromatic heterocycles. The highest BCUT2D eigenvalue weighted by molar-refractivity contribution is 5.16. The van der Waals surface area contributed by atoms with E-state index < -0.39 is 0 Å². The van der Waals surface area contributed by atoms with Gasteiger partial charge in [-0.3, -0.25) is 0 Å². The largest absolute Gasteiger partial charge is 0.368 e. The van der Waals surface area contributed by atoms with Crippen molar-refractivity contribution in [2.75, 3.05) is 5.73 Å². The van der Waals surface area contributed by atoms with Crippen molar-refractivity contribution in [1.82, 2.24) is 14.8 Å². The predicted molar refractivity (Wildman–Crippen MR) is 51.8 cm³/mol. The van der Waals surface area contributed by atoms with Crippen LogP contribution in [0.3, 0.4) is 0 Å². The molecule has 1 aromatic rings. The van der Waals surface area contributed by atoms with Gasteiger partial charge in [0.1, 0.15) is 0 Å². The van der Waals surface area contributed by atoms with E-state index in [2.05, 4.69) is 23.9 Å². The number of aryl methyl sites for hydroxylation is 1. The summed E-state index contributed by atoms with van der Waals surface area (Å²) >= 11 is 0. The van der Waals surface area contributed by atoms with Crippen molar-refractivity contribution in [3.8, 4) is 0 Å². The monoisotopic (exact) mass is 183 g/mol. The van der Waals surface area contributed by atoms with E-state index in [9.17, 15) is 0 Å². The van der Waals surface area contributed by atoms with Crippen LogP contribution in [0.15, 0.2) is 0 Å². The number of anilines is 1. The van der Waals surface area contributed by atoms with Crippen LogP contribution < -0.4 is 11.5 Å². The first-order valence-corrected chi connectivity index (χ1v) is 4.48. The first-order valence-electron chi connectivity index (χ1n) is 4.48. The van der Waals surface area contributed by atoms with Gasteiger partial charge in [-0.1, -0.05) is 20.3 Å². The van der Waals surface area contributed by atoms with Gasteiger partial charge < -0.3 is 11.5 Å². The van der Waals surface area contributed by atoms with Crippen molar-refractivity contribution < 1.29 is 0 Å². The highest BCUT2D eigenvalue weighted by Crippen LogP contribution is 2.19. The van der Waals surface area contributed by atoms with Gasteiger partial charge in [-0.15, -0.1) is 0 Å². The molecule has 2 unspecified atom stereocenters. The summed E-state index contributed by atoms with van der Waals surface area (Å²) in [7, 11) is 1.76. The first-order chi connectivity index (χ1) is 6.06. The zero-order valence-electron chi connectivity index (χ0n) is 8.36. The molecule has 5 nitrogen and oxygen atoms in total. The molecular weight excluding hydrogens is 166 g/mol. The van der Waals surface area contributed by atoms with Crippen LogP contribution in [0.1, 0.15) is 32.1 Å². The number of hydrogen-bond acceptors (Lipinski definition) is 4. The van der Waals surface area contributed by atoms with Crippen LogP contribution >= 0.6 is 0 Å². The molecule has 0 aliphatic heterocycles. The van der Waals surface area contributed by atoms with E-state index in [0.29, 0.717) is 17.7 Å². The standard InChI is InChI=1S/C8H17N5/c1-4-5(2)6(9)7-11-8(10)13(3)12-7/h5-6H,4,9H2,1-3H3,(H2,10,11,12). The molecule has 4 N–H and O–H groups in total. The summed E-state index contributed by atoms with van der Waals surface area (Å²) in [4.78, 5) is 4.08. The minimum atomic E-state index is -0.117. The highest BCUT2D eigenvalue weighted by Gasteiger charge is 2.18. The quantitative estimate of drug-likeness (QED) is 0.712. The third-order valence-electron chi connectivity index (χ3n) is 2.37. The van der Waals surface area contributed by atoms with Gasteiger partial charge >= 0.3 is 0 Å². The van der Waals surface area contributed by atoms with Gasteiger partial charge in [-0.2, -0.15) is 10.1 Å². The Morgan fingerprint density at radius 1 is 1.54 bits per heavy atom. The second-order valence-electron chi connectivity index (χ2n) is 3.36. The van der Waals surface area contributed by atoms with Crippen LogP contribution in [0.5, 0.6) is 0 Å². The Bertz CT molecular complexity index is 261. The Hall–Kier alpha value is -1.10. The number of aromatic nitrogens is 3. The van der Waals surface area contributed by atoms with Crippen molar-refractivity contribution in [3.63, 3.8) is 0 Å². The minimum absolute atomic E-state index is 0.117.